The Balaban J connectivity index is 1.74. The van der Waals surface area contributed by atoms with Crippen LogP contribution in [0.5, 0.6) is 0 Å². The fourth-order valence-corrected chi connectivity index (χ4v) is 4.37. The molecule has 0 bridgehead atoms. The largest absolute Gasteiger partial charge is 0.461 e. The maximum atomic E-state index is 5.49. The second-order valence-electron chi connectivity index (χ2n) is 6.46. The summed E-state index contributed by atoms with van der Waals surface area (Å²) >= 11 is 1.55. The van der Waals surface area contributed by atoms with Gasteiger partial charge in [-0.3, -0.25) is 0 Å². The Morgan fingerprint density at radius 3 is 2.11 bits per heavy atom. The summed E-state index contributed by atoms with van der Waals surface area (Å²) in [6.07, 6.45) is 1.63. The summed E-state index contributed by atoms with van der Waals surface area (Å²) in [6.45, 7) is 2.20. The van der Waals surface area contributed by atoms with Crippen LogP contribution >= 0.6 is 11.3 Å². The van der Waals surface area contributed by atoms with Crippen molar-refractivity contribution < 1.29 is 4.42 Å². The summed E-state index contributed by atoms with van der Waals surface area (Å²) in [4.78, 5) is 0.745. The average molecular weight is 372 g/mol. The van der Waals surface area contributed by atoms with Crippen molar-refractivity contribution in [1.29, 1.82) is 0 Å². The Morgan fingerprint density at radius 1 is 0.852 bits per heavy atom. The molecule has 0 saturated heterocycles. The maximum absolute atomic E-state index is 5.49. The Hall–Kier alpha value is -3.25. The Morgan fingerprint density at radius 2 is 1.52 bits per heavy atom. The minimum atomic E-state index is -0.395. The van der Waals surface area contributed by atoms with Gasteiger partial charge in [-0.25, -0.2) is 0 Å². The quantitative estimate of drug-likeness (QED) is 0.455. The minimum Gasteiger partial charge on any atom is -0.461 e. The highest BCUT2D eigenvalue weighted by molar-refractivity contribution is 7.16. The molecule has 132 valence electrons. The fraction of sp³-hybridized carbons (Fsp3) is 0.0952. The number of benzene rings is 2. The Kier molecular flexibility index (Phi) is 3.65. The van der Waals surface area contributed by atoms with Crippen LogP contribution in [0, 0.1) is 0 Å². The molecule has 0 aliphatic heterocycles. The third kappa shape index (κ3) is 2.49. The summed E-state index contributed by atoms with van der Waals surface area (Å²) in [5.74, 6) is 1.27. The van der Waals surface area contributed by atoms with E-state index >= 15 is 0 Å². The summed E-state index contributed by atoms with van der Waals surface area (Å²) in [5.41, 5.74) is 1.97. The van der Waals surface area contributed by atoms with Crippen molar-refractivity contribution >= 4 is 16.3 Å². The molecule has 3 aromatic heterocycles. The smallest absolute Gasteiger partial charge is 0.235 e. The van der Waals surface area contributed by atoms with Crippen LogP contribution in [0.2, 0.25) is 0 Å². The van der Waals surface area contributed by atoms with E-state index in [0.29, 0.717) is 11.6 Å². The van der Waals surface area contributed by atoms with Crippen LogP contribution in [0.25, 0.3) is 16.5 Å². The molecule has 0 aliphatic rings. The zero-order valence-corrected chi connectivity index (χ0v) is 15.4. The molecule has 0 saturated carbocycles. The normalized spacial score (nSPS) is 11.9. The van der Waals surface area contributed by atoms with Gasteiger partial charge in [0.25, 0.3) is 0 Å². The van der Waals surface area contributed by atoms with Gasteiger partial charge in [0.15, 0.2) is 5.76 Å². The summed E-state index contributed by atoms with van der Waals surface area (Å²) < 4.78 is 7.26. The molecule has 0 radical (unpaired) electrons. The molecule has 5 rings (SSSR count). The lowest BCUT2D eigenvalue weighted by Crippen LogP contribution is -2.25. The predicted molar refractivity (Wildman–Crippen MR) is 105 cm³/mol. The van der Waals surface area contributed by atoms with Crippen molar-refractivity contribution in [1.82, 2.24) is 19.8 Å². The molecule has 0 fully saturated rings. The van der Waals surface area contributed by atoms with Gasteiger partial charge in [-0.15, -0.1) is 10.2 Å². The number of fused-ring (bicyclic) bond motifs is 1. The van der Waals surface area contributed by atoms with Crippen LogP contribution in [-0.2, 0) is 5.41 Å². The molecule has 5 nitrogen and oxygen atoms in total. The van der Waals surface area contributed by atoms with Crippen molar-refractivity contribution in [3.05, 3.63) is 95.2 Å². The van der Waals surface area contributed by atoms with Gasteiger partial charge in [0.1, 0.15) is 5.01 Å². The van der Waals surface area contributed by atoms with Crippen LogP contribution in [0.4, 0.5) is 0 Å². The minimum absolute atomic E-state index is 0.395. The van der Waals surface area contributed by atoms with Gasteiger partial charge in [0.2, 0.25) is 10.8 Å². The van der Waals surface area contributed by atoms with Gasteiger partial charge in [-0.05, 0) is 30.2 Å². The molecule has 2 aromatic carbocycles. The van der Waals surface area contributed by atoms with E-state index < -0.39 is 5.41 Å². The number of nitrogens with zero attached hydrogens (tertiary/aromatic N) is 4. The van der Waals surface area contributed by atoms with Crippen molar-refractivity contribution in [2.75, 3.05) is 0 Å². The first-order valence-corrected chi connectivity index (χ1v) is 9.46. The number of rotatable bonds is 4. The van der Waals surface area contributed by atoms with E-state index in [1.807, 2.05) is 24.3 Å². The maximum Gasteiger partial charge on any atom is 0.235 e. The van der Waals surface area contributed by atoms with E-state index in [1.165, 1.54) is 11.1 Å². The Labute approximate surface area is 159 Å². The third-order valence-electron chi connectivity index (χ3n) is 4.86. The average Bonchev–Trinajstić information content (AvgIpc) is 3.46. The van der Waals surface area contributed by atoms with E-state index in [2.05, 4.69) is 65.7 Å². The van der Waals surface area contributed by atoms with Crippen LogP contribution < -0.4 is 0 Å². The first-order chi connectivity index (χ1) is 13.3. The lowest BCUT2D eigenvalue weighted by molar-refractivity contribution is 0.573. The van der Waals surface area contributed by atoms with E-state index in [-0.39, 0.29) is 0 Å². The number of aromatic nitrogens is 4. The first-order valence-electron chi connectivity index (χ1n) is 8.64. The Bertz CT molecular complexity index is 1140. The molecule has 0 aliphatic carbocycles. The monoisotopic (exact) mass is 372 g/mol. The molecule has 0 atom stereocenters. The molecule has 6 heteroatoms. The van der Waals surface area contributed by atoms with Crippen molar-refractivity contribution in [2.24, 2.45) is 0 Å². The summed E-state index contributed by atoms with van der Waals surface area (Å²) in [5, 5.41) is 14.4. The van der Waals surface area contributed by atoms with Crippen LogP contribution in [0.15, 0.2) is 83.5 Å². The third-order valence-corrected chi connectivity index (χ3v) is 5.98. The zero-order valence-electron chi connectivity index (χ0n) is 14.6. The molecule has 3 heterocycles. The van der Waals surface area contributed by atoms with Crippen LogP contribution in [-0.4, -0.2) is 19.8 Å². The van der Waals surface area contributed by atoms with Gasteiger partial charge in [-0.2, -0.15) is 9.61 Å². The van der Waals surface area contributed by atoms with Gasteiger partial charge in [0, 0.05) is 0 Å². The van der Waals surface area contributed by atoms with Crippen LogP contribution in [0.3, 0.4) is 0 Å². The van der Waals surface area contributed by atoms with E-state index in [4.69, 9.17) is 9.52 Å². The predicted octanol–water partition coefficient (Wildman–Crippen LogP) is 4.80. The molecular weight excluding hydrogens is 356 g/mol. The highest BCUT2D eigenvalue weighted by Gasteiger charge is 2.35. The van der Waals surface area contributed by atoms with E-state index in [9.17, 15) is 0 Å². The van der Waals surface area contributed by atoms with Crippen molar-refractivity contribution in [3.63, 3.8) is 0 Å². The number of furan rings is 1. The second kappa shape index (κ2) is 6.17. The van der Waals surface area contributed by atoms with Gasteiger partial charge in [0.05, 0.1) is 11.7 Å². The fourth-order valence-electron chi connectivity index (χ4n) is 3.34. The molecule has 5 aromatic rings. The summed E-state index contributed by atoms with van der Waals surface area (Å²) in [7, 11) is 0. The highest BCUT2D eigenvalue weighted by atomic mass is 32.1. The molecule has 27 heavy (non-hydrogen) atoms. The first kappa shape index (κ1) is 16.0. The topological polar surface area (TPSA) is 56.2 Å². The SMILES string of the molecule is CC(c1ccccc1)(c1ccccc1)c1nn2c(-c3ccco3)nnc2s1. The number of hydrogen-bond acceptors (Lipinski definition) is 5. The van der Waals surface area contributed by atoms with E-state index in [1.54, 1.807) is 22.1 Å². The van der Waals surface area contributed by atoms with E-state index in [0.717, 1.165) is 9.97 Å². The van der Waals surface area contributed by atoms with Crippen LogP contribution in [0.1, 0.15) is 23.1 Å². The molecular formula is C21H16N4OS. The lowest BCUT2D eigenvalue weighted by atomic mass is 9.77. The standard InChI is InChI=1S/C21H16N4OS/c1-21(15-9-4-2-5-10-15,16-11-6-3-7-12-16)19-24-25-18(17-13-8-14-26-17)22-23-20(25)27-19/h2-14H,1H3. The lowest BCUT2D eigenvalue weighted by Gasteiger charge is -2.28. The number of hydrogen-bond donors (Lipinski definition) is 0. The van der Waals surface area contributed by atoms with Crippen molar-refractivity contribution in [2.45, 2.75) is 12.3 Å². The second-order valence-corrected chi connectivity index (χ2v) is 7.42. The molecule has 0 N–H and O–H groups in total. The highest BCUT2D eigenvalue weighted by Crippen LogP contribution is 2.40. The summed E-state index contributed by atoms with van der Waals surface area (Å²) in [6, 6.07) is 24.6. The van der Waals surface area contributed by atoms with Crippen molar-refractivity contribution in [3.8, 4) is 11.6 Å². The molecule has 0 unspecified atom stereocenters. The zero-order chi connectivity index (χ0) is 18.3. The van der Waals surface area contributed by atoms with Gasteiger partial charge in [-0.1, -0.05) is 72.0 Å². The van der Waals surface area contributed by atoms with Gasteiger partial charge >= 0.3 is 0 Å². The van der Waals surface area contributed by atoms with Gasteiger partial charge < -0.3 is 4.42 Å². The molecule has 0 amide bonds. The molecule has 0 spiro atoms.